The summed E-state index contributed by atoms with van der Waals surface area (Å²) >= 11 is 0. The molecule has 4 N–H and O–H groups in total. The van der Waals surface area contributed by atoms with E-state index < -0.39 is 10.0 Å². The van der Waals surface area contributed by atoms with Crippen LogP contribution in [0.3, 0.4) is 0 Å². The van der Waals surface area contributed by atoms with Crippen LogP contribution in [0.1, 0.15) is 44.9 Å². The van der Waals surface area contributed by atoms with E-state index in [1.807, 2.05) is 6.92 Å². The zero-order chi connectivity index (χ0) is 20.1. The lowest BCUT2D eigenvalue weighted by Gasteiger charge is -2.13. The summed E-state index contributed by atoms with van der Waals surface area (Å²) in [6.45, 7) is 9.52. The number of primary sulfonamides is 1. The first-order valence-corrected chi connectivity index (χ1v) is 10.2. The Bertz CT molecular complexity index is 904. The molecule has 0 spiro atoms. The van der Waals surface area contributed by atoms with Gasteiger partial charge in [-0.1, -0.05) is 32.9 Å². The van der Waals surface area contributed by atoms with Crippen LogP contribution in [0.2, 0.25) is 0 Å². The van der Waals surface area contributed by atoms with Crippen LogP contribution in [0.15, 0.2) is 44.8 Å². The summed E-state index contributed by atoms with van der Waals surface area (Å²) < 4.78 is 28.7. The highest BCUT2D eigenvalue weighted by atomic mass is 127. The highest BCUT2D eigenvalue weighted by Crippen LogP contribution is 2.22. The number of hydrogen-bond donors (Lipinski definition) is 3. The number of benzene rings is 1. The molecule has 0 unspecified atom stereocenters. The highest BCUT2D eigenvalue weighted by molar-refractivity contribution is 14.0. The molecule has 0 amide bonds. The van der Waals surface area contributed by atoms with E-state index in [0.717, 1.165) is 11.3 Å². The van der Waals surface area contributed by atoms with E-state index in [2.05, 4.69) is 41.4 Å². The Balaban J connectivity index is 0.00000392. The summed E-state index contributed by atoms with van der Waals surface area (Å²) in [5.41, 5.74) is 0.642. The summed E-state index contributed by atoms with van der Waals surface area (Å²) in [5.74, 6) is 1.97. The van der Waals surface area contributed by atoms with Crippen LogP contribution in [0.4, 0.5) is 0 Å². The number of hydrogen-bond acceptors (Lipinski definition) is 5. The normalized spacial score (nSPS) is 12.4. The molecule has 0 radical (unpaired) electrons. The topological polar surface area (TPSA) is 123 Å². The molecule has 28 heavy (non-hydrogen) atoms. The minimum atomic E-state index is -3.73. The first-order chi connectivity index (χ1) is 12.6. The highest BCUT2D eigenvalue weighted by Gasteiger charge is 2.19. The second kappa shape index (κ2) is 10.2. The second-order valence-corrected chi connectivity index (χ2v) is 8.67. The number of nitrogens with two attached hydrogens (primary N) is 1. The van der Waals surface area contributed by atoms with Crippen LogP contribution < -0.4 is 15.8 Å². The molecule has 0 aliphatic carbocycles. The molecular weight excluding hydrogens is 493 g/mol. The Morgan fingerprint density at radius 2 is 2.00 bits per heavy atom. The maximum Gasteiger partial charge on any atom is 0.238 e. The van der Waals surface area contributed by atoms with Crippen LogP contribution in [0.5, 0.6) is 0 Å². The van der Waals surface area contributed by atoms with Gasteiger partial charge in [0.2, 0.25) is 15.9 Å². The van der Waals surface area contributed by atoms with E-state index in [9.17, 15) is 8.42 Å². The van der Waals surface area contributed by atoms with Crippen molar-refractivity contribution in [2.75, 3.05) is 6.54 Å². The fraction of sp³-hybridized carbons (Fsp3) is 0.444. The summed E-state index contributed by atoms with van der Waals surface area (Å²) in [4.78, 5) is 8.82. The van der Waals surface area contributed by atoms with Crippen molar-refractivity contribution in [3.63, 3.8) is 0 Å². The van der Waals surface area contributed by atoms with E-state index in [1.165, 1.54) is 12.1 Å². The number of sulfonamides is 1. The van der Waals surface area contributed by atoms with Crippen molar-refractivity contribution in [3.05, 3.63) is 47.7 Å². The van der Waals surface area contributed by atoms with Crippen molar-refractivity contribution in [3.8, 4) is 0 Å². The van der Waals surface area contributed by atoms with Gasteiger partial charge in [-0.25, -0.2) is 23.5 Å². The third-order valence-electron chi connectivity index (χ3n) is 3.69. The number of oxazole rings is 1. The molecule has 0 fully saturated rings. The first-order valence-electron chi connectivity index (χ1n) is 8.68. The predicted molar refractivity (Wildman–Crippen MR) is 120 cm³/mol. The quantitative estimate of drug-likeness (QED) is 0.305. The van der Waals surface area contributed by atoms with Crippen molar-refractivity contribution < 1.29 is 12.8 Å². The number of guanidine groups is 1. The van der Waals surface area contributed by atoms with E-state index in [4.69, 9.17) is 9.56 Å². The average molecular weight is 521 g/mol. The number of aliphatic imine (C=N–C) groups is 1. The number of halogens is 1. The van der Waals surface area contributed by atoms with Gasteiger partial charge in [0.1, 0.15) is 5.76 Å². The number of nitrogens with one attached hydrogen (secondary N) is 2. The van der Waals surface area contributed by atoms with Gasteiger partial charge in [-0.15, -0.1) is 24.0 Å². The maximum absolute atomic E-state index is 11.5. The molecule has 10 heteroatoms. The molecule has 1 aromatic heterocycles. The van der Waals surface area contributed by atoms with E-state index >= 15 is 0 Å². The van der Waals surface area contributed by atoms with Crippen molar-refractivity contribution in [1.82, 2.24) is 15.6 Å². The SMILES string of the molecule is CCNC(=NCc1cccc(S(N)(=O)=O)c1)NCc1ncc(C(C)(C)C)o1.I. The molecule has 0 saturated carbocycles. The van der Waals surface area contributed by atoms with Crippen LogP contribution in [-0.2, 0) is 28.5 Å². The molecule has 0 atom stereocenters. The standard InChI is InChI=1S/C18H27N5O3S.HI/c1-5-20-17(23-12-16-21-11-15(26-16)18(2,3)4)22-10-13-7-6-8-14(9-13)27(19,24)25;/h6-9,11H,5,10,12H2,1-4H3,(H2,19,24,25)(H2,20,22,23);1H. The minimum absolute atomic E-state index is 0. The number of nitrogens with zero attached hydrogens (tertiary/aromatic N) is 2. The summed E-state index contributed by atoms with van der Waals surface area (Å²) in [6.07, 6.45) is 1.74. The molecular formula is C18H28IN5O3S. The van der Waals surface area contributed by atoms with Crippen LogP contribution in [0, 0.1) is 0 Å². The van der Waals surface area contributed by atoms with Crippen LogP contribution in [0.25, 0.3) is 0 Å². The van der Waals surface area contributed by atoms with Gasteiger partial charge in [-0.3, -0.25) is 0 Å². The van der Waals surface area contributed by atoms with Gasteiger partial charge in [0, 0.05) is 12.0 Å². The Kier molecular flexibility index (Phi) is 8.89. The molecule has 156 valence electrons. The van der Waals surface area contributed by atoms with E-state index in [0.29, 0.717) is 31.5 Å². The third-order valence-corrected chi connectivity index (χ3v) is 4.60. The lowest BCUT2D eigenvalue weighted by Crippen LogP contribution is -2.36. The van der Waals surface area contributed by atoms with Crippen molar-refractivity contribution in [2.45, 2.75) is 51.1 Å². The fourth-order valence-corrected chi connectivity index (χ4v) is 2.81. The third kappa shape index (κ3) is 7.40. The zero-order valence-electron chi connectivity index (χ0n) is 16.5. The lowest BCUT2D eigenvalue weighted by molar-refractivity contribution is 0.379. The molecule has 0 bridgehead atoms. The van der Waals surface area contributed by atoms with Gasteiger partial charge in [-0.2, -0.15) is 0 Å². The zero-order valence-corrected chi connectivity index (χ0v) is 19.7. The molecule has 0 aliphatic heterocycles. The average Bonchev–Trinajstić information content (AvgIpc) is 3.06. The maximum atomic E-state index is 11.5. The van der Waals surface area contributed by atoms with Crippen LogP contribution >= 0.6 is 24.0 Å². The Hall–Kier alpha value is -1.66. The van der Waals surface area contributed by atoms with Gasteiger partial charge < -0.3 is 15.1 Å². The van der Waals surface area contributed by atoms with Crippen molar-refractivity contribution >= 4 is 40.0 Å². The predicted octanol–water partition coefficient (Wildman–Crippen LogP) is 2.49. The second-order valence-electron chi connectivity index (χ2n) is 7.11. The Morgan fingerprint density at radius 1 is 1.29 bits per heavy atom. The minimum Gasteiger partial charge on any atom is -0.443 e. The summed E-state index contributed by atoms with van der Waals surface area (Å²) in [5, 5.41) is 11.5. The largest absolute Gasteiger partial charge is 0.443 e. The van der Waals surface area contributed by atoms with Crippen LogP contribution in [-0.4, -0.2) is 25.9 Å². The van der Waals surface area contributed by atoms with Gasteiger partial charge in [0.15, 0.2) is 5.96 Å². The summed E-state index contributed by atoms with van der Waals surface area (Å²) in [7, 11) is -3.73. The first kappa shape index (κ1) is 24.4. The van der Waals surface area contributed by atoms with Crippen molar-refractivity contribution in [2.24, 2.45) is 10.1 Å². The fourth-order valence-electron chi connectivity index (χ4n) is 2.23. The van der Waals surface area contributed by atoms with E-state index in [-0.39, 0.29) is 34.3 Å². The smallest absolute Gasteiger partial charge is 0.238 e. The van der Waals surface area contributed by atoms with Gasteiger partial charge in [-0.05, 0) is 24.6 Å². The monoisotopic (exact) mass is 521 g/mol. The molecule has 0 saturated heterocycles. The Morgan fingerprint density at radius 3 is 2.57 bits per heavy atom. The molecule has 1 heterocycles. The van der Waals surface area contributed by atoms with Gasteiger partial charge >= 0.3 is 0 Å². The van der Waals surface area contributed by atoms with E-state index in [1.54, 1.807) is 18.3 Å². The summed E-state index contributed by atoms with van der Waals surface area (Å²) in [6, 6.07) is 6.42. The van der Waals surface area contributed by atoms with Gasteiger partial charge in [0.05, 0.1) is 24.2 Å². The molecule has 0 aliphatic rings. The number of rotatable bonds is 6. The molecule has 1 aromatic carbocycles. The molecule has 2 aromatic rings. The lowest BCUT2D eigenvalue weighted by atomic mass is 9.94. The van der Waals surface area contributed by atoms with Crippen molar-refractivity contribution in [1.29, 1.82) is 0 Å². The molecule has 8 nitrogen and oxygen atoms in total. The van der Waals surface area contributed by atoms with Gasteiger partial charge in [0.25, 0.3) is 0 Å². The number of aromatic nitrogens is 1. The molecule has 2 rings (SSSR count). The Labute approximate surface area is 183 Å².